The normalized spacial score (nSPS) is 22.1. The Kier molecular flexibility index (Phi) is 4.28. The first-order chi connectivity index (χ1) is 11.7. The summed E-state index contributed by atoms with van der Waals surface area (Å²) in [5, 5.41) is 8.34. The summed E-state index contributed by atoms with van der Waals surface area (Å²) in [5.74, 6) is 3.67. The summed E-state index contributed by atoms with van der Waals surface area (Å²) in [5.41, 5.74) is 0.720. The summed E-state index contributed by atoms with van der Waals surface area (Å²) < 4.78 is 7.66. The maximum absolute atomic E-state index is 12.7. The Bertz CT molecular complexity index is 745. The zero-order valence-electron chi connectivity index (χ0n) is 13.6. The van der Waals surface area contributed by atoms with Crippen molar-refractivity contribution in [3.63, 3.8) is 0 Å². The van der Waals surface area contributed by atoms with Gasteiger partial charge in [0.25, 0.3) is 5.91 Å². The van der Waals surface area contributed by atoms with Crippen molar-refractivity contribution >= 4 is 29.1 Å². The highest BCUT2D eigenvalue weighted by molar-refractivity contribution is 7.99. The molecule has 1 unspecified atom stereocenters. The number of carbonyl (C=O) groups is 1. The lowest BCUT2D eigenvalue weighted by molar-refractivity contribution is -0.144. The first-order valence-corrected chi connectivity index (χ1v) is 9.29. The van der Waals surface area contributed by atoms with Gasteiger partial charge >= 0.3 is 0 Å². The van der Waals surface area contributed by atoms with Crippen molar-refractivity contribution in [2.75, 3.05) is 49.2 Å². The number of hydrogen-bond donors (Lipinski definition) is 0. The lowest BCUT2D eigenvalue weighted by Gasteiger charge is -2.36. The number of hydrogen-bond acceptors (Lipinski definition) is 7. The number of thioether (sulfide) groups is 1. The molecule has 1 amide bonds. The van der Waals surface area contributed by atoms with Crippen molar-refractivity contribution in [2.45, 2.75) is 13.0 Å². The lowest BCUT2D eigenvalue weighted by atomic mass is 10.2. The van der Waals surface area contributed by atoms with Crippen LogP contribution in [0.1, 0.15) is 5.82 Å². The summed E-state index contributed by atoms with van der Waals surface area (Å²) in [6.45, 7) is 5.22. The molecule has 1 atom stereocenters. The van der Waals surface area contributed by atoms with Gasteiger partial charge in [0.15, 0.2) is 11.9 Å². The van der Waals surface area contributed by atoms with E-state index < -0.39 is 6.10 Å². The van der Waals surface area contributed by atoms with Crippen LogP contribution in [0, 0.1) is 6.92 Å². The van der Waals surface area contributed by atoms with Crippen molar-refractivity contribution in [3.8, 4) is 0 Å². The SMILES string of the molecule is Cc1nnc2c(N3CCOC(C(=O)N4CCSCC4)C3)nccn12. The topological polar surface area (TPSA) is 75.9 Å². The van der Waals surface area contributed by atoms with Crippen LogP contribution >= 0.6 is 11.8 Å². The largest absolute Gasteiger partial charge is 0.365 e. The quantitative estimate of drug-likeness (QED) is 0.768. The van der Waals surface area contributed by atoms with Gasteiger partial charge in [-0.15, -0.1) is 10.2 Å². The second-order valence-corrected chi connectivity index (χ2v) is 7.16. The second-order valence-electron chi connectivity index (χ2n) is 5.93. The Morgan fingerprint density at radius 2 is 2.12 bits per heavy atom. The Labute approximate surface area is 144 Å². The molecule has 24 heavy (non-hydrogen) atoms. The fraction of sp³-hybridized carbons (Fsp3) is 0.600. The Balaban J connectivity index is 1.54. The van der Waals surface area contributed by atoms with Crippen molar-refractivity contribution in [1.82, 2.24) is 24.5 Å². The average Bonchev–Trinajstić information content (AvgIpc) is 3.03. The van der Waals surface area contributed by atoms with Crippen LogP contribution in [-0.2, 0) is 9.53 Å². The molecule has 0 bridgehead atoms. The van der Waals surface area contributed by atoms with Gasteiger partial charge in [-0.2, -0.15) is 11.8 Å². The molecule has 0 aromatic carbocycles. The maximum Gasteiger partial charge on any atom is 0.253 e. The molecule has 2 aliphatic rings. The zero-order chi connectivity index (χ0) is 16.5. The number of fused-ring (bicyclic) bond motifs is 1. The summed E-state index contributed by atoms with van der Waals surface area (Å²) >= 11 is 1.89. The molecule has 0 spiro atoms. The number of aryl methyl sites for hydroxylation is 1. The molecule has 4 rings (SSSR count). The number of rotatable bonds is 2. The number of amides is 1. The Morgan fingerprint density at radius 1 is 1.29 bits per heavy atom. The molecule has 4 heterocycles. The number of anilines is 1. The van der Waals surface area contributed by atoms with Crippen LogP contribution < -0.4 is 4.90 Å². The van der Waals surface area contributed by atoms with E-state index in [9.17, 15) is 4.79 Å². The first kappa shape index (κ1) is 15.6. The highest BCUT2D eigenvalue weighted by Gasteiger charge is 2.32. The molecule has 0 N–H and O–H groups in total. The molecule has 128 valence electrons. The van der Waals surface area contributed by atoms with E-state index in [1.54, 1.807) is 6.20 Å². The highest BCUT2D eigenvalue weighted by Crippen LogP contribution is 2.21. The van der Waals surface area contributed by atoms with Gasteiger partial charge in [0.1, 0.15) is 5.82 Å². The van der Waals surface area contributed by atoms with Crippen molar-refractivity contribution in [1.29, 1.82) is 0 Å². The summed E-state index contributed by atoms with van der Waals surface area (Å²) in [7, 11) is 0. The van der Waals surface area contributed by atoms with Gasteiger partial charge in [-0.3, -0.25) is 9.20 Å². The standard InChI is InChI=1S/C15H20N6O2S/c1-11-17-18-14-13(16-2-3-21(11)14)20-4-7-23-12(10-20)15(22)19-5-8-24-9-6-19/h2-3,12H,4-10H2,1H3. The predicted molar refractivity (Wildman–Crippen MR) is 91.4 cm³/mol. The average molecular weight is 348 g/mol. The highest BCUT2D eigenvalue weighted by atomic mass is 32.2. The molecular formula is C15H20N6O2S. The van der Waals surface area contributed by atoms with Crippen LogP contribution in [0.4, 0.5) is 5.82 Å². The lowest BCUT2D eigenvalue weighted by Crippen LogP contribution is -2.53. The maximum atomic E-state index is 12.7. The van der Waals surface area contributed by atoms with E-state index in [2.05, 4.69) is 20.1 Å². The van der Waals surface area contributed by atoms with E-state index in [0.29, 0.717) is 19.7 Å². The Hall–Kier alpha value is -1.87. The van der Waals surface area contributed by atoms with Gasteiger partial charge in [-0.25, -0.2) is 4.98 Å². The summed E-state index contributed by atoms with van der Waals surface area (Å²) in [6.07, 6.45) is 3.16. The van der Waals surface area contributed by atoms with Crippen LogP contribution in [0.15, 0.2) is 12.4 Å². The number of ether oxygens (including phenoxy) is 1. The summed E-state index contributed by atoms with van der Waals surface area (Å²) in [4.78, 5) is 21.2. The number of morpholine rings is 1. The molecule has 0 saturated carbocycles. The zero-order valence-corrected chi connectivity index (χ0v) is 14.4. The number of nitrogens with zero attached hydrogens (tertiary/aromatic N) is 6. The molecule has 2 aromatic rings. The molecular weight excluding hydrogens is 328 g/mol. The molecule has 9 heteroatoms. The van der Waals surface area contributed by atoms with E-state index in [4.69, 9.17) is 4.74 Å². The molecule has 2 aliphatic heterocycles. The van der Waals surface area contributed by atoms with Crippen LogP contribution in [0.3, 0.4) is 0 Å². The van der Waals surface area contributed by atoms with Gasteiger partial charge in [-0.05, 0) is 6.92 Å². The molecule has 2 fully saturated rings. The van der Waals surface area contributed by atoms with E-state index in [1.807, 2.05) is 34.2 Å². The smallest absolute Gasteiger partial charge is 0.253 e. The predicted octanol–water partition coefficient (Wildman–Crippen LogP) is 0.213. The van der Waals surface area contributed by atoms with E-state index in [1.165, 1.54) is 0 Å². The number of carbonyl (C=O) groups excluding carboxylic acids is 1. The minimum absolute atomic E-state index is 0.0876. The van der Waals surface area contributed by atoms with E-state index >= 15 is 0 Å². The molecule has 0 radical (unpaired) electrons. The molecule has 8 nitrogen and oxygen atoms in total. The fourth-order valence-corrected chi connectivity index (χ4v) is 4.03. The van der Waals surface area contributed by atoms with Crippen LogP contribution in [0.25, 0.3) is 5.65 Å². The minimum Gasteiger partial charge on any atom is -0.365 e. The van der Waals surface area contributed by atoms with Crippen molar-refractivity contribution < 1.29 is 9.53 Å². The minimum atomic E-state index is -0.437. The second kappa shape index (κ2) is 6.56. The fourth-order valence-electron chi connectivity index (χ4n) is 3.13. The number of aromatic nitrogens is 4. The van der Waals surface area contributed by atoms with Crippen LogP contribution in [0.5, 0.6) is 0 Å². The monoisotopic (exact) mass is 348 g/mol. The van der Waals surface area contributed by atoms with Gasteiger partial charge in [0, 0.05) is 43.5 Å². The van der Waals surface area contributed by atoms with Gasteiger partial charge < -0.3 is 14.5 Å². The third-order valence-corrected chi connectivity index (χ3v) is 5.39. The van der Waals surface area contributed by atoms with E-state index in [-0.39, 0.29) is 5.91 Å². The van der Waals surface area contributed by atoms with Crippen molar-refractivity contribution in [2.24, 2.45) is 0 Å². The molecule has 2 saturated heterocycles. The van der Waals surface area contributed by atoms with Gasteiger partial charge in [-0.1, -0.05) is 0 Å². The van der Waals surface area contributed by atoms with Gasteiger partial charge in [0.2, 0.25) is 5.65 Å². The third kappa shape index (κ3) is 2.82. The third-order valence-electron chi connectivity index (χ3n) is 4.44. The van der Waals surface area contributed by atoms with Gasteiger partial charge in [0.05, 0.1) is 13.2 Å². The van der Waals surface area contributed by atoms with Crippen LogP contribution in [-0.4, -0.2) is 80.8 Å². The van der Waals surface area contributed by atoms with E-state index in [0.717, 1.165) is 41.9 Å². The first-order valence-electron chi connectivity index (χ1n) is 8.13. The summed E-state index contributed by atoms with van der Waals surface area (Å²) in [6, 6.07) is 0. The van der Waals surface area contributed by atoms with Crippen LogP contribution in [0.2, 0.25) is 0 Å². The Morgan fingerprint density at radius 3 is 2.96 bits per heavy atom. The van der Waals surface area contributed by atoms with Crippen molar-refractivity contribution in [3.05, 3.63) is 18.2 Å². The molecule has 0 aliphatic carbocycles. The molecule has 2 aromatic heterocycles.